The maximum Gasteiger partial charge on any atom is 0.339 e. The first-order valence-corrected chi connectivity index (χ1v) is 6.44. The van der Waals surface area contributed by atoms with E-state index in [1.54, 1.807) is 45.0 Å². The number of carbonyl (C=O) groups excluding carboxylic acids is 1. The van der Waals surface area contributed by atoms with Crippen molar-refractivity contribution >= 4 is 5.97 Å². The Morgan fingerprint density at radius 2 is 2.00 bits per heavy atom. The molecule has 3 nitrogen and oxygen atoms in total. The predicted molar refractivity (Wildman–Crippen MR) is 75.1 cm³/mol. The molecule has 20 heavy (non-hydrogen) atoms. The van der Waals surface area contributed by atoms with Crippen molar-refractivity contribution in [3.63, 3.8) is 0 Å². The Kier molecular flexibility index (Phi) is 4.13. The Hall–Kier alpha value is -2.23. The summed E-state index contributed by atoms with van der Waals surface area (Å²) in [5.74, 6) is -0.730. The standard InChI is InChI=1S/C16H16FNO2/c1-4-20-16(19)13-9-10(2)15(18-11(13)3)12-7-5-6-8-14(12)17/h5-9H,4H2,1-3H3. The van der Waals surface area contributed by atoms with Crippen molar-refractivity contribution in [2.75, 3.05) is 6.61 Å². The Morgan fingerprint density at radius 3 is 2.65 bits per heavy atom. The summed E-state index contributed by atoms with van der Waals surface area (Å²) in [6.07, 6.45) is 0. The lowest BCUT2D eigenvalue weighted by Gasteiger charge is -2.11. The van der Waals surface area contributed by atoms with Crippen LogP contribution >= 0.6 is 0 Å². The summed E-state index contributed by atoms with van der Waals surface area (Å²) in [5, 5.41) is 0. The van der Waals surface area contributed by atoms with Gasteiger partial charge < -0.3 is 4.74 Å². The van der Waals surface area contributed by atoms with Gasteiger partial charge in [0.1, 0.15) is 5.82 Å². The minimum absolute atomic E-state index is 0.312. The highest BCUT2D eigenvalue weighted by molar-refractivity contribution is 5.91. The van der Waals surface area contributed by atoms with E-state index in [9.17, 15) is 9.18 Å². The monoisotopic (exact) mass is 273 g/mol. The predicted octanol–water partition coefficient (Wildman–Crippen LogP) is 3.68. The number of esters is 1. The van der Waals surface area contributed by atoms with E-state index >= 15 is 0 Å². The fourth-order valence-electron chi connectivity index (χ4n) is 2.05. The average molecular weight is 273 g/mol. The first kappa shape index (κ1) is 14.2. The third-order valence-corrected chi connectivity index (χ3v) is 3.03. The lowest BCUT2D eigenvalue weighted by atomic mass is 10.0. The second-order valence-electron chi connectivity index (χ2n) is 4.49. The normalized spacial score (nSPS) is 10.4. The molecule has 2 rings (SSSR count). The van der Waals surface area contributed by atoms with Gasteiger partial charge in [-0.25, -0.2) is 9.18 Å². The van der Waals surface area contributed by atoms with Crippen LogP contribution in [0, 0.1) is 19.7 Å². The summed E-state index contributed by atoms with van der Waals surface area (Å²) in [4.78, 5) is 16.2. The minimum atomic E-state index is -0.402. The topological polar surface area (TPSA) is 39.2 Å². The largest absolute Gasteiger partial charge is 0.462 e. The average Bonchev–Trinajstić information content (AvgIpc) is 2.42. The van der Waals surface area contributed by atoms with Crippen LogP contribution in [-0.4, -0.2) is 17.6 Å². The number of rotatable bonds is 3. The molecule has 0 aliphatic rings. The molecule has 1 aromatic carbocycles. The number of aryl methyl sites for hydroxylation is 2. The molecule has 104 valence electrons. The Bertz CT molecular complexity index is 653. The van der Waals surface area contributed by atoms with Crippen LogP contribution in [0.3, 0.4) is 0 Å². The second kappa shape index (κ2) is 5.82. The molecule has 2 aromatic rings. The molecule has 0 radical (unpaired) electrons. The molecule has 1 aromatic heterocycles. The van der Waals surface area contributed by atoms with Crippen molar-refractivity contribution < 1.29 is 13.9 Å². The molecule has 0 saturated carbocycles. The number of pyridine rings is 1. The van der Waals surface area contributed by atoms with Crippen LogP contribution in [0.25, 0.3) is 11.3 Å². The number of benzene rings is 1. The number of hydrogen-bond donors (Lipinski definition) is 0. The maximum absolute atomic E-state index is 13.8. The number of hydrogen-bond acceptors (Lipinski definition) is 3. The Labute approximate surface area is 117 Å². The van der Waals surface area contributed by atoms with Crippen molar-refractivity contribution in [1.29, 1.82) is 0 Å². The molecule has 0 aliphatic carbocycles. The molecule has 0 atom stereocenters. The molecule has 0 saturated heterocycles. The zero-order valence-electron chi connectivity index (χ0n) is 11.7. The molecule has 0 fully saturated rings. The van der Waals surface area contributed by atoms with E-state index in [1.807, 2.05) is 0 Å². The Balaban J connectivity index is 2.51. The van der Waals surface area contributed by atoms with Crippen LogP contribution < -0.4 is 0 Å². The fraction of sp³-hybridized carbons (Fsp3) is 0.250. The smallest absolute Gasteiger partial charge is 0.339 e. The molecule has 0 unspecified atom stereocenters. The summed E-state index contributed by atoms with van der Waals surface area (Å²) in [7, 11) is 0. The van der Waals surface area contributed by atoms with Gasteiger partial charge >= 0.3 is 5.97 Å². The van der Waals surface area contributed by atoms with E-state index in [1.165, 1.54) is 6.07 Å². The van der Waals surface area contributed by atoms with Gasteiger partial charge in [-0.15, -0.1) is 0 Å². The van der Waals surface area contributed by atoms with E-state index in [4.69, 9.17) is 4.74 Å². The first-order chi connectivity index (χ1) is 9.54. The number of ether oxygens (including phenoxy) is 1. The summed E-state index contributed by atoms with van der Waals surface area (Å²) in [5.41, 5.74) is 2.68. The Morgan fingerprint density at radius 1 is 1.30 bits per heavy atom. The quantitative estimate of drug-likeness (QED) is 0.801. The molecular formula is C16H16FNO2. The number of halogens is 1. The highest BCUT2D eigenvalue weighted by atomic mass is 19.1. The first-order valence-electron chi connectivity index (χ1n) is 6.44. The second-order valence-corrected chi connectivity index (χ2v) is 4.49. The van der Waals surface area contributed by atoms with E-state index in [0.29, 0.717) is 29.1 Å². The van der Waals surface area contributed by atoms with Crippen molar-refractivity contribution in [3.05, 3.63) is 53.0 Å². The molecule has 1 heterocycles. The van der Waals surface area contributed by atoms with E-state index < -0.39 is 5.97 Å². The third-order valence-electron chi connectivity index (χ3n) is 3.03. The van der Waals surface area contributed by atoms with Crippen LogP contribution in [0.2, 0.25) is 0 Å². The summed E-state index contributed by atoms with van der Waals surface area (Å²) < 4.78 is 18.8. The van der Waals surface area contributed by atoms with Crippen LogP contribution in [0.4, 0.5) is 4.39 Å². The van der Waals surface area contributed by atoms with Crippen LogP contribution in [0.1, 0.15) is 28.5 Å². The summed E-state index contributed by atoms with van der Waals surface area (Å²) in [6, 6.07) is 8.16. The number of carbonyl (C=O) groups is 1. The van der Waals surface area contributed by atoms with E-state index in [-0.39, 0.29) is 5.82 Å². The molecule has 0 spiro atoms. The van der Waals surface area contributed by atoms with Gasteiger partial charge in [0.15, 0.2) is 0 Å². The fourth-order valence-corrected chi connectivity index (χ4v) is 2.05. The van der Waals surface area contributed by atoms with Gasteiger partial charge in [-0.05, 0) is 44.5 Å². The highest BCUT2D eigenvalue weighted by Gasteiger charge is 2.16. The number of nitrogens with zero attached hydrogens (tertiary/aromatic N) is 1. The number of aromatic nitrogens is 1. The molecule has 0 N–H and O–H groups in total. The maximum atomic E-state index is 13.8. The molecule has 0 amide bonds. The molecule has 0 bridgehead atoms. The zero-order valence-corrected chi connectivity index (χ0v) is 11.7. The van der Waals surface area contributed by atoms with Crippen LogP contribution in [-0.2, 0) is 4.74 Å². The van der Waals surface area contributed by atoms with Crippen molar-refractivity contribution in [1.82, 2.24) is 4.98 Å². The minimum Gasteiger partial charge on any atom is -0.462 e. The van der Waals surface area contributed by atoms with Gasteiger partial charge in [0, 0.05) is 5.56 Å². The lowest BCUT2D eigenvalue weighted by molar-refractivity contribution is 0.0525. The van der Waals surface area contributed by atoms with Crippen LogP contribution in [0.5, 0.6) is 0 Å². The van der Waals surface area contributed by atoms with Gasteiger partial charge in [0.2, 0.25) is 0 Å². The molecule has 4 heteroatoms. The zero-order chi connectivity index (χ0) is 14.7. The summed E-state index contributed by atoms with van der Waals surface area (Å²) in [6.45, 7) is 5.58. The van der Waals surface area contributed by atoms with Gasteiger partial charge in [0.05, 0.1) is 23.6 Å². The van der Waals surface area contributed by atoms with Gasteiger partial charge in [-0.1, -0.05) is 12.1 Å². The SMILES string of the molecule is CCOC(=O)c1cc(C)c(-c2ccccc2F)nc1C. The van der Waals surface area contributed by atoms with Gasteiger partial charge in [0.25, 0.3) is 0 Å². The molecule has 0 aliphatic heterocycles. The van der Waals surface area contributed by atoms with Gasteiger partial charge in [-0.2, -0.15) is 0 Å². The van der Waals surface area contributed by atoms with Crippen molar-refractivity contribution in [3.8, 4) is 11.3 Å². The third kappa shape index (κ3) is 2.69. The van der Waals surface area contributed by atoms with E-state index in [0.717, 1.165) is 5.56 Å². The molecular weight excluding hydrogens is 257 g/mol. The highest BCUT2D eigenvalue weighted by Crippen LogP contribution is 2.26. The van der Waals surface area contributed by atoms with Crippen LogP contribution in [0.15, 0.2) is 30.3 Å². The summed E-state index contributed by atoms with van der Waals surface area (Å²) >= 11 is 0. The van der Waals surface area contributed by atoms with Gasteiger partial charge in [-0.3, -0.25) is 4.98 Å². The van der Waals surface area contributed by atoms with E-state index in [2.05, 4.69) is 4.98 Å². The van der Waals surface area contributed by atoms with Crippen molar-refractivity contribution in [2.45, 2.75) is 20.8 Å². The lowest BCUT2D eigenvalue weighted by Crippen LogP contribution is -2.09. The van der Waals surface area contributed by atoms with Crippen molar-refractivity contribution in [2.24, 2.45) is 0 Å².